The Morgan fingerprint density at radius 3 is 2.67 bits per heavy atom. The van der Waals surface area contributed by atoms with Crippen LogP contribution in [0.1, 0.15) is 18.2 Å². The van der Waals surface area contributed by atoms with Crippen molar-refractivity contribution in [1.82, 2.24) is 10.3 Å². The molecule has 0 radical (unpaired) electrons. The van der Waals surface area contributed by atoms with Gasteiger partial charge in [0, 0.05) is 24.8 Å². The predicted octanol–water partition coefficient (Wildman–Crippen LogP) is 2.77. The molecule has 1 N–H and O–H groups in total. The van der Waals surface area contributed by atoms with E-state index in [1.807, 2.05) is 49.5 Å². The first-order valence-electron chi connectivity index (χ1n) is 6.21. The van der Waals surface area contributed by atoms with Crippen molar-refractivity contribution >= 4 is 0 Å². The summed E-state index contributed by atoms with van der Waals surface area (Å²) in [6, 6.07) is 14.0. The van der Waals surface area contributed by atoms with Gasteiger partial charge in [0.1, 0.15) is 5.75 Å². The van der Waals surface area contributed by atoms with E-state index in [-0.39, 0.29) is 0 Å². The lowest BCUT2D eigenvalue weighted by Crippen LogP contribution is -2.14. The third kappa shape index (κ3) is 3.57. The van der Waals surface area contributed by atoms with Gasteiger partial charge in [0.25, 0.3) is 0 Å². The molecular weight excluding hydrogens is 224 g/mol. The molecule has 1 heterocycles. The van der Waals surface area contributed by atoms with Crippen molar-refractivity contribution in [3.05, 3.63) is 59.9 Å². The lowest BCUT2D eigenvalue weighted by atomic mass is 10.2. The molecule has 0 atom stereocenters. The van der Waals surface area contributed by atoms with Gasteiger partial charge < -0.3 is 10.1 Å². The van der Waals surface area contributed by atoms with Crippen molar-refractivity contribution in [2.75, 3.05) is 6.61 Å². The first kappa shape index (κ1) is 12.6. The lowest BCUT2D eigenvalue weighted by Gasteiger charge is -2.10. The van der Waals surface area contributed by atoms with Crippen molar-refractivity contribution in [3.8, 4) is 5.75 Å². The topological polar surface area (TPSA) is 34.1 Å². The van der Waals surface area contributed by atoms with Crippen LogP contribution < -0.4 is 10.1 Å². The molecule has 0 amide bonds. The van der Waals surface area contributed by atoms with Gasteiger partial charge in [0.05, 0.1) is 12.3 Å². The molecule has 0 saturated carbocycles. The zero-order valence-corrected chi connectivity index (χ0v) is 10.6. The van der Waals surface area contributed by atoms with Gasteiger partial charge in [-0.25, -0.2) is 0 Å². The normalized spacial score (nSPS) is 10.3. The van der Waals surface area contributed by atoms with Gasteiger partial charge >= 0.3 is 0 Å². The van der Waals surface area contributed by atoms with E-state index in [0.717, 1.165) is 24.5 Å². The van der Waals surface area contributed by atoms with Crippen LogP contribution in [0.5, 0.6) is 5.75 Å². The zero-order valence-electron chi connectivity index (χ0n) is 10.6. The average Bonchev–Trinajstić information content (AvgIpc) is 2.42. The van der Waals surface area contributed by atoms with Crippen molar-refractivity contribution in [3.63, 3.8) is 0 Å². The molecule has 0 unspecified atom stereocenters. The molecule has 0 aliphatic carbocycles. The average molecular weight is 242 g/mol. The maximum Gasteiger partial charge on any atom is 0.123 e. The summed E-state index contributed by atoms with van der Waals surface area (Å²) in [6.07, 6.45) is 1.81. The van der Waals surface area contributed by atoms with Gasteiger partial charge in [0.2, 0.25) is 0 Å². The third-order valence-corrected chi connectivity index (χ3v) is 2.62. The van der Waals surface area contributed by atoms with Crippen LogP contribution in [-0.2, 0) is 13.1 Å². The number of nitrogens with zero attached hydrogens (tertiary/aromatic N) is 1. The molecule has 18 heavy (non-hydrogen) atoms. The van der Waals surface area contributed by atoms with Crippen LogP contribution in [0.3, 0.4) is 0 Å². The number of pyridine rings is 1. The Morgan fingerprint density at radius 1 is 1.06 bits per heavy atom. The molecule has 0 fully saturated rings. The maximum absolute atomic E-state index is 5.58. The van der Waals surface area contributed by atoms with Crippen LogP contribution in [0, 0.1) is 0 Å². The highest BCUT2D eigenvalue weighted by Gasteiger charge is 2.01. The highest BCUT2D eigenvalue weighted by atomic mass is 16.5. The fourth-order valence-electron chi connectivity index (χ4n) is 1.77. The van der Waals surface area contributed by atoms with Crippen molar-refractivity contribution in [2.45, 2.75) is 20.0 Å². The molecule has 1 aromatic heterocycles. The second-order valence-electron chi connectivity index (χ2n) is 3.97. The number of aromatic nitrogens is 1. The molecule has 94 valence electrons. The van der Waals surface area contributed by atoms with E-state index in [1.54, 1.807) is 0 Å². The Morgan fingerprint density at radius 2 is 1.89 bits per heavy atom. The second-order valence-corrected chi connectivity index (χ2v) is 3.97. The van der Waals surface area contributed by atoms with E-state index < -0.39 is 0 Å². The Balaban J connectivity index is 1.90. The number of benzene rings is 1. The Labute approximate surface area is 108 Å². The zero-order chi connectivity index (χ0) is 12.6. The number of ether oxygens (including phenoxy) is 1. The molecule has 0 aliphatic rings. The highest BCUT2D eigenvalue weighted by molar-refractivity contribution is 5.33. The summed E-state index contributed by atoms with van der Waals surface area (Å²) in [5, 5.41) is 3.37. The smallest absolute Gasteiger partial charge is 0.123 e. The van der Waals surface area contributed by atoms with E-state index in [1.165, 1.54) is 5.56 Å². The Bertz CT molecular complexity index is 471. The molecule has 3 nitrogen and oxygen atoms in total. The predicted molar refractivity (Wildman–Crippen MR) is 72.4 cm³/mol. The molecule has 0 spiro atoms. The minimum Gasteiger partial charge on any atom is -0.494 e. The van der Waals surface area contributed by atoms with Gasteiger partial charge in [-0.05, 0) is 25.1 Å². The van der Waals surface area contributed by atoms with Crippen LogP contribution in [0.25, 0.3) is 0 Å². The molecule has 3 heteroatoms. The molecular formula is C15H18N2O. The molecule has 2 rings (SSSR count). The quantitative estimate of drug-likeness (QED) is 0.845. The van der Waals surface area contributed by atoms with Gasteiger partial charge in [-0.3, -0.25) is 4.98 Å². The van der Waals surface area contributed by atoms with Crippen LogP contribution in [-0.4, -0.2) is 11.6 Å². The standard InChI is InChI=1S/C15H18N2O/c1-2-18-15-9-4-3-7-13(15)11-16-12-14-8-5-6-10-17-14/h3-10,16H,2,11-12H2,1H3. The molecule has 2 aromatic rings. The molecule has 0 bridgehead atoms. The summed E-state index contributed by atoms with van der Waals surface area (Å²) in [5.41, 5.74) is 2.22. The van der Waals surface area contributed by atoms with Gasteiger partial charge in [-0.1, -0.05) is 24.3 Å². The largest absolute Gasteiger partial charge is 0.494 e. The Hall–Kier alpha value is -1.87. The van der Waals surface area contributed by atoms with E-state index in [2.05, 4.69) is 16.4 Å². The van der Waals surface area contributed by atoms with Crippen LogP contribution in [0.15, 0.2) is 48.7 Å². The van der Waals surface area contributed by atoms with Crippen LogP contribution in [0.2, 0.25) is 0 Å². The van der Waals surface area contributed by atoms with Crippen molar-refractivity contribution in [1.29, 1.82) is 0 Å². The first-order chi connectivity index (χ1) is 8.90. The number of hydrogen-bond acceptors (Lipinski definition) is 3. The summed E-state index contributed by atoms with van der Waals surface area (Å²) in [6.45, 7) is 4.24. The van der Waals surface area contributed by atoms with E-state index >= 15 is 0 Å². The Kier molecular flexibility index (Phi) is 4.73. The van der Waals surface area contributed by atoms with Crippen molar-refractivity contribution in [2.24, 2.45) is 0 Å². The minimum atomic E-state index is 0.692. The molecule has 1 aromatic carbocycles. The SMILES string of the molecule is CCOc1ccccc1CNCc1ccccn1. The van der Waals surface area contributed by atoms with Crippen LogP contribution in [0.4, 0.5) is 0 Å². The number of para-hydroxylation sites is 1. The summed E-state index contributed by atoms with van der Waals surface area (Å²) < 4.78 is 5.58. The maximum atomic E-state index is 5.58. The van der Waals surface area contributed by atoms with E-state index in [0.29, 0.717) is 6.61 Å². The second kappa shape index (κ2) is 6.77. The first-order valence-corrected chi connectivity index (χ1v) is 6.21. The lowest BCUT2D eigenvalue weighted by molar-refractivity contribution is 0.335. The van der Waals surface area contributed by atoms with E-state index in [4.69, 9.17) is 4.74 Å². The van der Waals surface area contributed by atoms with Crippen molar-refractivity contribution < 1.29 is 4.74 Å². The number of hydrogen-bond donors (Lipinski definition) is 1. The number of rotatable bonds is 6. The van der Waals surface area contributed by atoms with Gasteiger partial charge in [0.15, 0.2) is 0 Å². The molecule has 0 saturated heterocycles. The summed E-state index contributed by atoms with van der Waals surface area (Å²) in [5.74, 6) is 0.952. The fourth-order valence-corrected chi connectivity index (χ4v) is 1.77. The van der Waals surface area contributed by atoms with Crippen LogP contribution >= 0.6 is 0 Å². The third-order valence-electron chi connectivity index (χ3n) is 2.62. The van der Waals surface area contributed by atoms with Gasteiger partial charge in [-0.2, -0.15) is 0 Å². The summed E-state index contributed by atoms with van der Waals surface area (Å²) in [4.78, 5) is 4.27. The summed E-state index contributed by atoms with van der Waals surface area (Å²) in [7, 11) is 0. The monoisotopic (exact) mass is 242 g/mol. The van der Waals surface area contributed by atoms with E-state index in [9.17, 15) is 0 Å². The molecule has 0 aliphatic heterocycles. The highest BCUT2D eigenvalue weighted by Crippen LogP contribution is 2.17. The number of nitrogens with one attached hydrogen (secondary N) is 1. The van der Waals surface area contributed by atoms with Gasteiger partial charge in [-0.15, -0.1) is 0 Å². The minimum absolute atomic E-state index is 0.692. The summed E-state index contributed by atoms with van der Waals surface area (Å²) >= 11 is 0. The fraction of sp³-hybridized carbons (Fsp3) is 0.267.